The van der Waals surface area contributed by atoms with Gasteiger partial charge in [0, 0.05) is 17.1 Å². The molecule has 2 rings (SSSR count). The quantitative estimate of drug-likeness (QED) is 0.555. The van der Waals surface area contributed by atoms with Crippen LogP contribution in [-0.4, -0.2) is 33.8 Å². The van der Waals surface area contributed by atoms with Crippen molar-refractivity contribution in [3.05, 3.63) is 58.9 Å². The molecule has 1 atom stereocenters. The van der Waals surface area contributed by atoms with Crippen molar-refractivity contribution in [2.24, 2.45) is 5.84 Å². The monoisotopic (exact) mass is 338 g/mol. The van der Waals surface area contributed by atoms with E-state index in [0.717, 1.165) is 5.56 Å². The van der Waals surface area contributed by atoms with E-state index in [4.69, 9.17) is 22.6 Å². The van der Waals surface area contributed by atoms with Crippen LogP contribution in [0.25, 0.3) is 11.1 Å². The van der Waals surface area contributed by atoms with E-state index in [1.807, 2.05) is 0 Å². The minimum absolute atomic E-state index is 0.194. The number of nitrogens with two attached hydrogens (primary N) is 1. The lowest BCUT2D eigenvalue weighted by Crippen LogP contribution is -2.40. The first kappa shape index (κ1) is 17.4. The van der Waals surface area contributed by atoms with Gasteiger partial charge < -0.3 is 10.2 Å². The summed E-state index contributed by atoms with van der Waals surface area (Å²) in [5, 5.41) is 19.5. The van der Waals surface area contributed by atoms with Gasteiger partial charge >= 0.3 is 5.97 Å². The molecule has 0 aromatic heterocycles. The summed E-state index contributed by atoms with van der Waals surface area (Å²) in [5.74, 6) is 3.98. The highest BCUT2D eigenvalue weighted by molar-refractivity contribution is 6.30. The Morgan fingerprint density at radius 2 is 1.91 bits per heavy atom. The lowest BCUT2D eigenvalue weighted by Gasteiger charge is -2.18. The van der Waals surface area contributed by atoms with Gasteiger partial charge in [0.1, 0.15) is 5.82 Å². The molecule has 0 unspecified atom stereocenters. The first-order valence-electron chi connectivity index (χ1n) is 6.81. The SMILES string of the molecule is NN(Cc1ccc(-c2cc(Cl)ccc2F)cc1)C[C@@H](O)C(=O)O. The smallest absolute Gasteiger partial charge is 0.333 e. The van der Waals surface area contributed by atoms with Crippen molar-refractivity contribution in [2.75, 3.05) is 6.54 Å². The number of hydrogen-bond acceptors (Lipinski definition) is 4. The summed E-state index contributed by atoms with van der Waals surface area (Å²) in [6.45, 7) is 0.0582. The first-order chi connectivity index (χ1) is 10.9. The second kappa shape index (κ2) is 7.52. The molecule has 0 bridgehead atoms. The molecule has 0 radical (unpaired) electrons. The molecule has 0 aliphatic rings. The summed E-state index contributed by atoms with van der Waals surface area (Å²) in [6.07, 6.45) is -1.54. The highest BCUT2D eigenvalue weighted by atomic mass is 35.5. The molecular formula is C16H16ClFN2O3. The largest absolute Gasteiger partial charge is 0.479 e. The van der Waals surface area contributed by atoms with Crippen LogP contribution in [-0.2, 0) is 11.3 Å². The Kier molecular flexibility index (Phi) is 5.68. The van der Waals surface area contributed by atoms with Gasteiger partial charge in [-0.2, -0.15) is 0 Å². The van der Waals surface area contributed by atoms with Gasteiger partial charge in [-0.05, 0) is 29.3 Å². The second-order valence-corrected chi connectivity index (χ2v) is 5.54. The second-order valence-electron chi connectivity index (χ2n) is 5.10. The molecule has 122 valence electrons. The van der Waals surface area contributed by atoms with Gasteiger partial charge in [-0.25, -0.2) is 14.2 Å². The molecule has 4 N–H and O–H groups in total. The summed E-state index contributed by atoms with van der Waals surface area (Å²) in [5.41, 5.74) is 1.87. The number of aliphatic carboxylic acids is 1. The molecule has 0 saturated heterocycles. The van der Waals surface area contributed by atoms with E-state index in [1.165, 1.54) is 17.1 Å². The van der Waals surface area contributed by atoms with Crippen LogP contribution in [0, 0.1) is 5.82 Å². The average Bonchev–Trinajstić information content (AvgIpc) is 2.50. The topological polar surface area (TPSA) is 86.8 Å². The number of benzene rings is 2. The van der Waals surface area contributed by atoms with Gasteiger partial charge in [0.15, 0.2) is 6.10 Å². The van der Waals surface area contributed by atoms with Gasteiger partial charge in [0.05, 0.1) is 6.54 Å². The average molecular weight is 339 g/mol. The Morgan fingerprint density at radius 3 is 2.52 bits per heavy atom. The highest BCUT2D eigenvalue weighted by Crippen LogP contribution is 2.26. The standard InChI is InChI=1S/C16H16ClFN2O3/c17-12-5-6-14(18)13(7-12)11-3-1-10(2-4-11)8-20(19)9-15(21)16(22)23/h1-7,15,21H,8-9,19H2,(H,22,23)/t15-/m1/s1. The van der Waals surface area contributed by atoms with E-state index in [-0.39, 0.29) is 18.9 Å². The summed E-state index contributed by atoms with van der Waals surface area (Å²) in [7, 11) is 0. The number of hydrogen-bond donors (Lipinski definition) is 3. The number of carboxylic acids is 1. The lowest BCUT2D eigenvalue weighted by atomic mass is 10.0. The Labute approximate surface area is 137 Å². The molecule has 0 saturated carbocycles. The van der Waals surface area contributed by atoms with Crippen LogP contribution < -0.4 is 5.84 Å². The highest BCUT2D eigenvalue weighted by Gasteiger charge is 2.16. The first-order valence-corrected chi connectivity index (χ1v) is 7.19. The Bertz CT molecular complexity index is 694. The van der Waals surface area contributed by atoms with E-state index < -0.39 is 12.1 Å². The van der Waals surface area contributed by atoms with Crippen molar-refractivity contribution in [1.82, 2.24) is 5.01 Å². The minimum Gasteiger partial charge on any atom is -0.479 e. The van der Waals surface area contributed by atoms with Gasteiger partial charge in [-0.1, -0.05) is 35.9 Å². The van der Waals surface area contributed by atoms with Crippen molar-refractivity contribution < 1.29 is 19.4 Å². The van der Waals surface area contributed by atoms with E-state index in [9.17, 15) is 14.3 Å². The number of aliphatic hydroxyl groups excluding tert-OH is 1. The van der Waals surface area contributed by atoms with Crippen LogP contribution in [0.1, 0.15) is 5.56 Å². The fourth-order valence-electron chi connectivity index (χ4n) is 2.11. The number of aliphatic hydroxyl groups is 1. The number of hydrazine groups is 1. The van der Waals surface area contributed by atoms with Gasteiger partial charge in [-0.15, -0.1) is 0 Å². The Hall–Kier alpha value is -1.99. The van der Waals surface area contributed by atoms with E-state index in [0.29, 0.717) is 16.1 Å². The zero-order valence-corrected chi connectivity index (χ0v) is 12.9. The van der Waals surface area contributed by atoms with Gasteiger partial charge in [-0.3, -0.25) is 5.84 Å². The zero-order chi connectivity index (χ0) is 17.0. The third-order valence-corrected chi connectivity index (χ3v) is 3.51. The van der Waals surface area contributed by atoms with Crippen molar-refractivity contribution >= 4 is 17.6 Å². The van der Waals surface area contributed by atoms with Gasteiger partial charge in [0.25, 0.3) is 0 Å². The van der Waals surface area contributed by atoms with Gasteiger partial charge in [0.2, 0.25) is 0 Å². The molecule has 0 heterocycles. The van der Waals surface area contributed by atoms with Crippen LogP contribution in [0.15, 0.2) is 42.5 Å². The summed E-state index contributed by atoms with van der Waals surface area (Å²) >= 11 is 5.88. The summed E-state index contributed by atoms with van der Waals surface area (Å²) in [6, 6.07) is 11.3. The molecule has 2 aromatic rings. The molecular weight excluding hydrogens is 323 g/mol. The molecule has 0 fully saturated rings. The molecule has 0 aliphatic carbocycles. The molecule has 5 nitrogen and oxygen atoms in total. The minimum atomic E-state index is -1.54. The van der Waals surface area contributed by atoms with Crippen molar-refractivity contribution in [1.29, 1.82) is 0 Å². The van der Waals surface area contributed by atoms with Crippen LogP contribution >= 0.6 is 11.6 Å². The molecule has 0 amide bonds. The fraction of sp³-hybridized carbons (Fsp3) is 0.188. The number of nitrogens with zero attached hydrogens (tertiary/aromatic N) is 1. The van der Waals surface area contributed by atoms with Crippen molar-refractivity contribution in [2.45, 2.75) is 12.6 Å². The molecule has 23 heavy (non-hydrogen) atoms. The lowest BCUT2D eigenvalue weighted by molar-refractivity contribution is -0.147. The maximum atomic E-state index is 13.8. The van der Waals surface area contributed by atoms with E-state index in [2.05, 4.69) is 0 Å². The van der Waals surface area contributed by atoms with Crippen LogP contribution in [0.2, 0.25) is 5.02 Å². The number of halogens is 2. The molecule has 2 aromatic carbocycles. The maximum Gasteiger partial charge on any atom is 0.333 e. The van der Waals surface area contributed by atoms with Crippen LogP contribution in [0.4, 0.5) is 4.39 Å². The molecule has 0 aliphatic heterocycles. The maximum absolute atomic E-state index is 13.8. The number of rotatable bonds is 6. The molecule has 7 heteroatoms. The predicted molar refractivity (Wildman–Crippen MR) is 85.1 cm³/mol. The zero-order valence-electron chi connectivity index (χ0n) is 12.1. The number of carboxylic acid groups (broad SMARTS) is 1. The Balaban J connectivity index is 2.07. The third-order valence-electron chi connectivity index (χ3n) is 3.27. The predicted octanol–water partition coefficient (Wildman–Crippen LogP) is 2.27. The normalized spacial score (nSPS) is 12.4. The Morgan fingerprint density at radius 1 is 1.26 bits per heavy atom. The summed E-state index contributed by atoms with van der Waals surface area (Å²) in [4.78, 5) is 10.6. The van der Waals surface area contributed by atoms with E-state index >= 15 is 0 Å². The summed E-state index contributed by atoms with van der Waals surface area (Å²) < 4.78 is 13.8. The number of carbonyl (C=O) groups is 1. The molecule has 0 spiro atoms. The van der Waals surface area contributed by atoms with Crippen molar-refractivity contribution in [3.8, 4) is 11.1 Å². The van der Waals surface area contributed by atoms with Crippen molar-refractivity contribution in [3.63, 3.8) is 0 Å². The third kappa shape index (κ3) is 4.74. The van der Waals surface area contributed by atoms with E-state index in [1.54, 1.807) is 30.3 Å². The fourth-order valence-corrected chi connectivity index (χ4v) is 2.28. The van der Waals surface area contributed by atoms with Crippen LogP contribution in [0.5, 0.6) is 0 Å². The van der Waals surface area contributed by atoms with Crippen LogP contribution in [0.3, 0.4) is 0 Å².